The average Bonchev–Trinajstić information content (AvgIpc) is 3.31. The first kappa shape index (κ1) is 22.3. The van der Waals surface area contributed by atoms with Gasteiger partial charge in [0.1, 0.15) is 13.2 Å². The lowest BCUT2D eigenvalue weighted by molar-refractivity contribution is 0.172. The number of nitrogens with zero attached hydrogens (tertiary/aromatic N) is 1. The monoisotopic (exact) mass is 483 g/mol. The zero-order valence-electron chi connectivity index (χ0n) is 18.7. The molecule has 0 atom stereocenters. The maximum Gasteiger partial charge on any atom is 0.253 e. The van der Waals surface area contributed by atoms with Crippen LogP contribution in [0.4, 0.5) is 0 Å². The second kappa shape index (κ2) is 9.78. The Bertz CT molecular complexity index is 1280. The summed E-state index contributed by atoms with van der Waals surface area (Å²) in [6, 6.07) is 11.3. The molecule has 2 N–H and O–H groups in total. The van der Waals surface area contributed by atoms with Gasteiger partial charge in [0.2, 0.25) is 6.79 Å². The van der Waals surface area contributed by atoms with Gasteiger partial charge in [-0.2, -0.15) is 0 Å². The molecule has 178 valence electrons. The molecule has 0 spiro atoms. The number of ether oxygens (including phenoxy) is 5. The molecule has 0 unspecified atom stereocenters. The highest BCUT2D eigenvalue weighted by atomic mass is 32.1. The van der Waals surface area contributed by atoms with E-state index in [0.29, 0.717) is 72.9 Å². The first-order valence-corrected chi connectivity index (χ1v) is 11.4. The third kappa shape index (κ3) is 4.73. The highest BCUT2D eigenvalue weighted by molar-refractivity contribution is 7.80. The molecular formula is C24H25N3O6S. The van der Waals surface area contributed by atoms with E-state index in [1.165, 1.54) is 0 Å². The Balaban J connectivity index is 1.43. The number of nitrogens with one attached hydrogen (secondary N) is 2. The van der Waals surface area contributed by atoms with Crippen LogP contribution in [0.25, 0.3) is 10.9 Å². The van der Waals surface area contributed by atoms with Crippen LogP contribution in [0.2, 0.25) is 0 Å². The Morgan fingerprint density at radius 3 is 2.62 bits per heavy atom. The smallest absolute Gasteiger partial charge is 0.253 e. The molecule has 2 aliphatic heterocycles. The van der Waals surface area contributed by atoms with Crippen molar-refractivity contribution in [3.8, 4) is 23.0 Å². The summed E-state index contributed by atoms with van der Waals surface area (Å²) in [5.74, 6) is 2.73. The predicted octanol–water partition coefficient (Wildman–Crippen LogP) is 2.55. The molecule has 9 nitrogen and oxygen atoms in total. The summed E-state index contributed by atoms with van der Waals surface area (Å²) < 4.78 is 27.4. The van der Waals surface area contributed by atoms with Crippen LogP contribution in [0.3, 0.4) is 0 Å². The standard InChI is InChI=1S/C24H25N3O6S/c1-29-5-4-25-24(34)27(12-15-2-3-19-20(8-15)33-14-32-19)13-17-9-16-10-21-22(31-7-6-30-21)11-18(16)26-23(17)28/h2-3,8-11H,4-7,12-14H2,1H3,(H,25,34)(H,26,28). The van der Waals surface area contributed by atoms with Gasteiger partial charge in [-0.15, -0.1) is 0 Å². The molecular weight excluding hydrogens is 458 g/mol. The number of methoxy groups -OCH3 is 1. The van der Waals surface area contributed by atoms with E-state index in [4.69, 9.17) is 35.9 Å². The van der Waals surface area contributed by atoms with E-state index in [2.05, 4.69) is 10.3 Å². The van der Waals surface area contributed by atoms with Crippen molar-refractivity contribution in [2.75, 3.05) is 40.3 Å². The number of thiocarbonyl (C=S) groups is 1. The van der Waals surface area contributed by atoms with Crippen molar-refractivity contribution < 1.29 is 23.7 Å². The van der Waals surface area contributed by atoms with Crippen LogP contribution in [0.1, 0.15) is 11.1 Å². The summed E-state index contributed by atoms with van der Waals surface area (Å²) in [7, 11) is 1.64. The van der Waals surface area contributed by atoms with Gasteiger partial charge in [-0.3, -0.25) is 4.79 Å². The van der Waals surface area contributed by atoms with E-state index >= 15 is 0 Å². The fourth-order valence-corrected chi connectivity index (χ4v) is 4.17. The lowest BCUT2D eigenvalue weighted by atomic mass is 10.1. The van der Waals surface area contributed by atoms with Crippen molar-refractivity contribution in [1.29, 1.82) is 0 Å². The van der Waals surface area contributed by atoms with E-state index in [0.717, 1.165) is 16.7 Å². The first-order valence-electron chi connectivity index (χ1n) is 11.0. The van der Waals surface area contributed by atoms with Gasteiger partial charge in [-0.25, -0.2) is 0 Å². The first-order chi connectivity index (χ1) is 16.6. The van der Waals surface area contributed by atoms with Crippen molar-refractivity contribution >= 4 is 28.2 Å². The maximum absolute atomic E-state index is 13.0. The molecule has 0 aliphatic carbocycles. The topological polar surface area (TPSA) is 94.3 Å². The van der Waals surface area contributed by atoms with Gasteiger partial charge in [0.15, 0.2) is 28.1 Å². The van der Waals surface area contributed by atoms with Crippen molar-refractivity contribution in [2.45, 2.75) is 13.1 Å². The normalized spacial score (nSPS) is 13.7. The fraction of sp³-hybridized carbons (Fsp3) is 0.333. The van der Waals surface area contributed by atoms with Gasteiger partial charge in [-0.05, 0) is 42.0 Å². The van der Waals surface area contributed by atoms with E-state index in [-0.39, 0.29) is 12.4 Å². The molecule has 0 saturated carbocycles. The molecule has 5 rings (SSSR count). The zero-order valence-corrected chi connectivity index (χ0v) is 19.5. The molecule has 0 saturated heterocycles. The lowest BCUT2D eigenvalue weighted by Crippen LogP contribution is -2.41. The number of pyridine rings is 1. The van der Waals surface area contributed by atoms with Crippen LogP contribution >= 0.6 is 12.2 Å². The number of aromatic nitrogens is 1. The summed E-state index contributed by atoms with van der Waals surface area (Å²) in [6.45, 7) is 3.07. The molecule has 0 amide bonds. The number of rotatable bonds is 7. The number of benzene rings is 2. The average molecular weight is 484 g/mol. The molecule has 3 heterocycles. The Morgan fingerprint density at radius 1 is 1.03 bits per heavy atom. The predicted molar refractivity (Wildman–Crippen MR) is 130 cm³/mol. The molecule has 1 aromatic heterocycles. The van der Waals surface area contributed by atoms with Gasteiger partial charge in [0.05, 0.1) is 18.7 Å². The van der Waals surface area contributed by atoms with Crippen molar-refractivity contribution in [3.05, 3.63) is 57.9 Å². The minimum Gasteiger partial charge on any atom is -0.486 e. The second-order valence-electron chi connectivity index (χ2n) is 7.98. The Hall–Kier alpha value is -3.50. The minimum atomic E-state index is -0.181. The molecule has 0 fully saturated rings. The van der Waals surface area contributed by atoms with Crippen LogP contribution in [0.5, 0.6) is 23.0 Å². The Kier molecular flexibility index (Phi) is 6.41. The molecule has 34 heavy (non-hydrogen) atoms. The molecule has 2 aromatic carbocycles. The van der Waals surface area contributed by atoms with Gasteiger partial charge in [0.25, 0.3) is 5.56 Å². The van der Waals surface area contributed by atoms with Crippen LogP contribution in [-0.2, 0) is 17.8 Å². The zero-order chi connectivity index (χ0) is 23.5. The lowest BCUT2D eigenvalue weighted by Gasteiger charge is -2.26. The molecule has 0 radical (unpaired) electrons. The molecule has 3 aromatic rings. The van der Waals surface area contributed by atoms with Gasteiger partial charge >= 0.3 is 0 Å². The van der Waals surface area contributed by atoms with Crippen LogP contribution in [0.15, 0.2) is 41.2 Å². The number of aromatic amines is 1. The largest absolute Gasteiger partial charge is 0.486 e. The quantitative estimate of drug-likeness (QED) is 0.388. The highest BCUT2D eigenvalue weighted by Gasteiger charge is 2.19. The van der Waals surface area contributed by atoms with Crippen LogP contribution in [-0.4, -0.2) is 55.3 Å². The molecule has 10 heteroatoms. The van der Waals surface area contributed by atoms with Crippen LogP contribution < -0.4 is 29.8 Å². The molecule has 0 bridgehead atoms. The summed E-state index contributed by atoms with van der Waals surface area (Å²) in [4.78, 5) is 17.9. The Labute approximate surface area is 201 Å². The Morgan fingerprint density at radius 2 is 1.79 bits per heavy atom. The minimum absolute atomic E-state index is 0.181. The number of hydrogen-bond acceptors (Lipinski definition) is 7. The van der Waals surface area contributed by atoms with Crippen LogP contribution in [0, 0.1) is 0 Å². The summed E-state index contributed by atoms with van der Waals surface area (Å²) in [5.41, 5.74) is 2.08. The fourth-order valence-electron chi connectivity index (χ4n) is 3.94. The van der Waals surface area contributed by atoms with Gasteiger partial charge in [-0.1, -0.05) is 6.07 Å². The SMILES string of the molecule is COCCNC(=S)N(Cc1ccc2c(c1)OCO2)Cc1cc2cc3c(cc2[nH]c1=O)OCCO3. The van der Waals surface area contributed by atoms with Gasteiger partial charge < -0.3 is 38.9 Å². The number of fused-ring (bicyclic) bond motifs is 3. The van der Waals surface area contributed by atoms with E-state index < -0.39 is 0 Å². The van der Waals surface area contributed by atoms with E-state index in [1.807, 2.05) is 35.2 Å². The summed E-state index contributed by atoms with van der Waals surface area (Å²) in [5, 5.41) is 4.59. The summed E-state index contributed by atoms with van der Waals surface area (Å²) >= 11 is 5.66. The second-order valence-corrected chi connectivity index (χ2v) is 8.36. The van der Waals surface area contributed by atoms with E-state index in [9.17, 15) is 4.79 Å². The third-order valence-corrected chi connectivity index (χ3v) is 6.03. The maximum atomic E-state index is 13.0. The third-order valence-electron chi connectivity index (χ3n) is 5.63. The van der Waals surface area contributed by atoms with Crippen molar-refractivity contribution in [1.82, 2.24) is 15.2 Å². The summed E-state index contributed by atoms with van der Waals surface area (Å²) in [6.07, 6.45) is 0. The highest BCUT2D eigenvalue weighted by Crippen LogP contribution is 2.34. The number of hydrogen-bond donors (Lipinski definition) is 2. The molecule has 2 aliphatic rings. The van der Waals surface area contributed by atoms with Crippen molar-refractivity contribution in [2.24, 2.45) is 0 Å². The van der Waals surface area contributed by atoms with E-state index in [1.54, 1.807) is 13.2 Å². The number of H-pyrrole nitrogens is 1. The van der Waals surface area contributed by atoms with Gasteiger partial charge in [0, 0.05) is 37.2 Å². The van der Waals surface area contributed by atoms with Crippen molar-refractivity contribution in [3.63, 3.8) is 0 Å².